The quantitative estimate of drug-likeness (QED) is 0.235. The zero-order chi connectivity index (χ0) is 28.2. The van der Waals surface area contributed by atoms with E-state index in [-0.39, 0.29) is 18.0 Å². The molecule has 4 amide bonds. The van der Waals surface area contributed by atoms with Crippen LogP contribution in [-0.2, 0) is 16.8 Å². The van der Waals surface area contributed by atoms with Crippen LogP contribution >= 0.6 is 31.7 Å². The van der Waals surface area contributed by atoms with Crippen LogP contribution in [0, 0.1) is 8.99 Å². The predicted octanol–water partition coefficient (Wildman–Crippen LogP) is 5.23. The van der Waals surface area contributed by atoms with Crippen molar-refractivity contribution < 1.29 is 18.0 Å². The van der Waals surface area contributed by atoms with Gasteiger partial charge in [0.15, 0.2) is 0 Å². The van der Waals surface area contributed by atoms with Gasteiger partial charge in [0.25, 0.3) is 0 Å². The molecule has 0 aromatic heterocycles. The van der Waals surface area contributed by atoms with Crippen LogP contribution in [0.15, 0.2) is 61.5 Å². The minimum atomic E-state index is -3.85. The molecule has 2 aliphatic rings. The number of halogens is 2. The Bertz CT molecular complexity index is 1400. The molecular formula is C26H32ClIN6O4S. The van der Waals surface area contributed by atoms with Crippen molar-refractivity contribution in [3.8, 4) is 0 Å². The van der Waals surface area contributed by atoms with Gasteiger partial charge < -0.3 is 0 Å². The number of urea groups is 2. The molecule has 2 aromatic rings. The number of carbonyl (C=O) groups excluding carboxylic acids is 2. The van der Waals surface area contributed by atoms with Crippen molar-refractivity contribution in [2.75, 3.05) is 18.4 Å². The summed E-state index contributed by atoms with van der Waals surface area (Å²) in [5.74, 6) is 0. The van der Waals surface area contributed by atoms with Gasteiger partial charge >= 0.3 is 243 Å². The first-order valence-corrected chi connectivity index (χ1v) is 17.3. The molecular weight excluding hydrogens is 655 g/mol. The molecule has 0 atom stereocenters. The molecule has 4 rings (SSSR count). The number of allylic oxidation sites excluding steroid dienone is 1. The Kier molecular flexibility index (Phi) is 9.19. The summed E-state index contributed by atoms with van der Waals surface area (Å²) < 4.78 is 34.8. The first-order chi connectivity index (χ1) is 18.4. The molecule has 0 saturated carbocycles. The van der Waals surface area contributed by atoms with Gasteiger partial charge in [0.1, 0.15) is 0 Å². The number of hydrogen-bond donors (Lipinski definition) is 4. The molecule has 1 saturated heterocycles. The number of anilines is 1. The summed E-state index contributed by atoms with van der Waals surface area (Å²) in [6.45, 7) is 7.18. The van der Waals surface area contributed by atoms with Crippen molar-refractivity contribution >= 4 is 65.4 Å². The Morgan fingerprint density at radius 3 is 2.38 bits per heavy atom. The molecule has 0 radical (unpaired) electrons. The Labute approximate surface area is 241 Å². The molecule has 2 heterocycles. The van der Waals surface area contributed by atoms with Gasteiger partial charge in [0.05, 0.1) is 0 Å². The van der Waals surface area contributed by atoms with E-state index in [9.17, 15) is 18.0 Å². The number of nitrogens with zero attached hydrogens (tertiary/aromatic N) is 2. The van der Waals surface area contributed by atoms with Gasteiger partial charge in [-0.15, -0.1) is 0 Å². The molecule has 0 bridgehead atoms. The second-order valence-corrected chi connectivity index (χ2v) is 16.6. The summed E-state index contributed by atoms with van der Waals surface area (Å²) >= 11 is 3.53. The Hall–Kier alpha value is -2.68. The van der Waals surface area contributed by atoms with Gasteiger partial charge in [0.2, 0.25) is 0 Å². The third-order valence-electron chi connectivity index (χ3n) is 5.91. The molecule has 2 aliphatic heterocycles. The summed E-state index contributed by atoms with van der Waals surface area (Å²) in [4.78, 5) is 25.1. The molecule has 4 N–H and O–H groups in total. The molecule has 13 heteroatoms. The predicted molar refractivity (Wildman–Crippen MR) is 163 cm³/mol. The van der Waals surface area contributed by atoms with E-state index in [4.69, 9.17) is 14.8 Å². The third kappa shape index (κ3) is 7.93. The fourth-order valence-corrected chi connectivity index (χ4v) is 10.0. The van der Waals surface area contributed by atoms with E-state index in [0.717, 1.165) is 31.4 Å². The van der Waals surface area contributed by atoms with E-state index in [2.05, 4.69) is 41.4 Å². The van der Waals surface area contributed by atoms with E-state index in [1.54, 1.807) is 24.3 Å². The van der Waals surface area contributed by atoms with Crippen LogP contribution in [0.2, 0.25) is 5.02 Å². The van der Waals surface area contributed by atoms with E-state index in [0.29, 0.717) is 23.8 Å². The zero-order valence-electron chi connectivity index (χ0n) is 21.9. The maximum atomic E-state index is 12.8. The van der Waals surface area contributed by atoms with Crippen LogP contribution in [0.25, 0.3) is 0 Å². The van der Waals surface area contributed by atoms with E-state index in [1.165, 1.54) is 4.31 Å². The average molecular weight is 687 g/mol. The SMILES string of the molecule is CC(C)(C)C1=NI(c2cccc(CNC(=O)NS(=O)(=O)N3CCCC3)c2)C(NC(=O)Nc2ccc(Cl)cc2)=C1. The van der Waals surface area contributed by atoms with E-state index >= 15 is 0 Å². The third-order valence-corrected chi connectivity index (χ3v) is 12.2. The topological polar surface area (TPSA) is 132 Å². The minimum absolute atomic E-state index is 0.137. The van der Waals surface area contributed by atoms with Crippen LogP contribution in [0.4, 0.5) is 15.3 Å². The molecule has 2 aromatic carbocycles. The number of benzene rings is 2. The molecule has 0 unspecified atom stereocenters. The molecule has 0 aliphatic carbocycles. The van der Waals surface area contributed by atoms with Crippen molar-refractivity contribution in [1.82, 2.24) is 19.7 Å². The van der Waals surface area contributed by atoms with Gasteiger partial charge in [-0.3, -0.25) is 0 Å². The fraction of sp³-hybridized carbons (Fsp3) is 0.346. The number of nitrogens with one attached hydrogen (secondary N) is 4. The van der Waals surface area contributed by atoms with Gasteiger partial charge in [0, 0.05) is 0 Å². The molecule has 39 heavy (non-hydrogen) atoms. The van der Waals surface area contributed by atoms with Crippen molar-refractivity contribution in [3.63, 3.8) is 0 Å². The maximum absolute atomic E-state index is 12.8. The Balaban J connectivity index is 1.44. The van der Waals surface area contributed by atoms with E-state index < -0.39 is 36.3 Å². The van der Waals surface area contributed by atoms with Crippen molar-refractivity contribution in [1.29, 1.82) is 0 Å². The monoisotopic (exact) mass is 686 g/mol. The van der Waals surface area contributed by atoms with Crippen LogP contribution in [0.3, 0.4) is 0 Å². The van der Waals surface area contributed by atoms with Crippen molar-refractivity contribution in [2.24, 2.45) is 8.62 Å². The standard InChI is InChI=1S/C26H32ClIN6O4S/c1-26(2,3)22-16-23(31-25(36)30-21-11-9-19(27)10-12-21)28(32-22)20-8-6-7-18(15-20)17-29-24(35)33-39(37,38)34-13-4-5-14-34/h6-12,15-16H,4-5,13-14,17H2,1-3H3,(H2,29,33,35)(H2,30,31,36). The Morgan fingerprint density at radius 1 is 1.03 bits per heavy atom. The molecule has 0 spiro atoms. The number of hydrogen-bond acceptors (Lipinski definition) is 5. The average Bonchev–Trinajstić information content (AvgIpc) is 3.55. The summed E-state index contributed by atoms with van der Waals surface area (Å²) in [5.41, 5.74) is 2.11. The second-order valence-electron chi connectivity index (χ2n) is 10.1. The summed E-state index contributed by atoms with van der Waals surface area (Å²) in [6.07, 6.45) is 3.52. The van der Waals surface area contributed by atoms with E-state index in [1.807, 2.05) is 30.3 Å². The second kappa shape index (κ2) is 12.2. The van der Waals surface area contributed by atoms with Gasteiger partial charge in [-0.1, -0.05) is 0 Å². The van der Waals surface area contributed by atoms with Crippen molar-refractivity contribution in [2.45, 2.75) is 40.2 Å². The van der Waals surface area contributed by atoms with Crippen LogP contribution < -0.4 is 20.7 Å². The van der Waals surface area contributed by atoms with Crippen LogP contribution in [-0.4, -0.2) is 43.6 Å². The molecule has 210 valence electrons. The summed E-state index contributed by atoms with van der Waals surface area (Å²) in [5, 5.41) is 9.02. The first kappa shape index (κ1) is 29.3. The number of amides is 4. The normalized spacial score (nSPS) is 16.9. The molecule has 1 fully saturated rings. The molecule has 10 nitrogen and oxygen atoms in total. The summed E-state index contributed by atoms with van der Waals surface area (Å²) in [7, 11) is -3.85. The number of carbonyl (C=O) groups is 2. The van der Waals surface area contributed by atoms with Crippen molar-refractivity contribution in [3.05, 3.63) is 72.5 Å². The van der Waals surface area contributed by atoms with Gasteiger partial charge in [-0.05, 0) is 0 Å². The van der Waals surface area contributed by atoms with Gasteiger partial charge in [-0.2, -0.15) is 0 Å². The Morgan fingerprint density at radius 2 is 1.72 bits per heavy atom. The van der Waals surface area contributed by atoms with Crippen LogP contribution in [0.5, 0.6) is 0 Å². The number of rotatable bonds is 7. The van der Waals surface area contributed by atoms with Gasteiger partial charge in [-0.25, -0.2) is 0 Å². The summed E-state index contributed by atoms with van der Waals surface area (Å²) in [6, 6.07) is 13.3. The zero-order valence-corrected chi connectivity index (χ0v) is 25.7. The fourth-order valence-electron chi connectivity index (χ4n) is 3.81. The van der Waals surface area contributed by atoms with Crippen LogP contribution in [0.1, 0.15) is 39.2 Å². The first-order valence-electron chi connectivity index (χ1n) is 12.4.